The molecule has 0 atom stereocenters. The molecule has 0 aliphatic rings. The van der Waals surface area contributed by atoms with Crippen molar-refractivity contribution in [3.63, 3.8) is 0 Å². The minimum absolute atomic E-state index is 0.624. The Balaban J connectivity index is 1.32. The summed E-state index contributed by atoms with van der Waals surface area (Å²) in [5, 5.41) is 6.25. The second-order valence-electron chi connectivity index (χ2n) is 17.7. The van der Waals surface area contributed by atoms with Crippen molar-refractivity contribution in [1.29, 1.82) is 0 Å². The standard InChI is InChI=1S/C60H61O3P/c1-5-9-13-41-17-25-45(26-18-41)49-33-35-51-55(37-49)53(47-29-21-43(22-30-47)15-11-7-3)39-57-59(51)60-52-36-34-50(46-27-19-42(20-28-46)14-10-6-2)38-56(52)54(40-58(60)63-64(61)62-57)48-31-23-44(24-32-48)16-12-8-4/h17-40,61H,5-16H2,1-4H3. The zero-order valence-electron chi connectivity index (χ0n) is 38.1. The van der Waals surface area contributed by atoms with Crippen LogP contribution in [0, 0.1) is 0 Å². The Bertz CT molecular complexity index is 2860. The number of unbranched alkanes of at least 4 members (excludes halogenated alkanes) is 4. The molecule has 1 aromatic heterocycles. The van der Waals surface area contributed by atoms with E-state index in [-0.39, 0.29) is 0 Å². The van der Waals surface area contributed by atoms with Crippen LogP contribution in [0.25, 0.3) is 88.0 Å². The van der Waals surface area contributed by atoms with Crippen LogP contribution in [0.5, 0.6) is 0 Å². The highest BCUT2D eigenvalue weighted by atomic mass is 31.1. The van der Waals surface area contributed by atoms with Crippen LogP contribution in [-0.4, -0.2) is 4.89 Å². The molecule has 0 aliphatic heterocycles. The number of benzene rings is 8. The zero-order chi connectivity index (χ0) is 44.0. The van der Waals surface area contributed by atoms with Gasteiger partial charge in [0.25, 0.3) is 0 Å². The smallest absolute Gasteiger partial charge is 0.384 e. The topological polar surface area (TPSA) is 46.5 Å². The third kappa shape index (κ3) is 9.21. The fraction of sp³-hybridized carbons (Fsp3) is 0.267. The van der Waals surface area contributed by atoms with E-state index in [9.17, 15) is 4.89 Å². The Kier molecular flexibility index (Phi) is 13.5. The van der Waals surface area contributed by atoms with Crippen molar-refractivity contribution >= 4 is 51.7 Å². The molecule has 0 spiro atoms. The summed E-state index contributed by atoms with van der Waals surface area (Å²) in [4.78, 5) is 11.6. The van der Waals surface area contributed by atoms with Gasteiger partial charge in [0.1, 0.15) is 11.2 Å². The van der Waals surface area contributed by atoms with Gasteiger partial charge in [-0.15, -0.1) is 0 Å². The number of aryl methyl sites for hydroxylation is 4. The minimum atomic E-state index is -2.29. The molecule has 9 rings (SSSR count). The fourth-order valence-electron chi connectivity index (χ4n) is 9.43. The van der Waals surface area contributed by atoms with Gasteiger partial charge in [-0.3, -0.25) is 4.89 Å². The maximum atomic E-state index is 11.6. The van der Waals surface area contributed by atoms with E-state index in [0.717, 1.165) is 80.3 Å². The molecular weight excluding hydrogens is 800 g/mol. The first kappa shape index (κ1) is 43.4. The fourth-order valence-corrected chi connectivity index (χ4v) is 10.1. The number of hydrogen-bond acceptors (Lipinski definition) is 3. The lowest BCUT2D eigenvalue weighted by atomic mass is 9.88. The Morgan fingerprint density at radius 1 is 0.344 bits per heavy atom. The monoisotopic (exact) mass is 860 g/mol. The van der Waals surface area contributed by atoms with Crippen molar-refractivity contribution in [3.05, 3.63) is 168 Å². The van der Waals surface area contributed by atoms with E-state index in [2.05, 4.69) is 173 Å². The molecule has 1 N–H and O–H groups in total. The Morgan fingerprint density at radius 3 is 0.953 bits per heavy atom. The highest BCUT2D eigenvalue weighted by molar-refractivity contribution is 7.30. The summed E-state index contributed by atoms with van der Waals surface area (Å²) in [7, 11) is -2.29. The number of hydrogen-bond donors (Lipinski definition) is 1. The van der Waals surface area contributed by atoms with E-state index in [1.807, 2.05) is 0 Å². The molecule has 3 nitrogen and oxygen atoms in total. The van der Waals surface area contributed by atoms with Crippen LogP contribution in [0.3, 0.4) is 0 Å². The summed E-state index contributed by atoms with van der Waals surface area (Å²) in [6, 6.07) is 54.2. The normalized spacial score (nSPS) is 11.6. The van der Waals surface area contributed by atoms with Crippen molar-refractivity contribution in [3.8, 4) is 44.5 Å². The summed E-state index contributed by atoms with van der Waals surface area (Å²) in [5.41, 5.74) is 15.8. The molecule has 324 valence electrons. The Hall–Kier alpha value is -5.86. The van der Waals surface area contributed by atoms with Gasteiger partial charge in [-0.1, -0.05) is 175 Å². The molecule has 4 heteroatoms. The number of fused-ring (bicyclic) bond motifs is 7. The third-order valence-corrected chi connectivity index (χ3v) is 13.9. The van der Waals surface area contributed by atoms with Crippen LogP contribution >= 0.6 is 8.24 Å². The summed E-state index contributed by atoms with van der Waals surface area (Å²) in [5.74, 6) is 0. The second-order valence-corrected chi connectivity index (χ2v) is 18.6. The molecule has 64 heavy (non-hydrogen) atoms. The third-order valence-electron chi connectivity index (χ3n) is 13.2. The van der Waals surface area contributed by atoms with Crippen molar-refractivity contribution in [2.24, 2.45) is 0 Å². The summed E-state index contributed by atoms with van der Waals surface area (Å²) >= 11 is 0. The second kappa shape index (κ2) is 19.9. The lowest BCUT2D eigenvalue weighted by Crippen LogP contribution is -1.91. The molecular formula is C60H61O3P. The molecule has 0 fully saturated rings. The zero-order valence-corrected chi connectivity index (χ0v) is 38.9. The van der Waals surface area contributed by atoms with E-state index in [0.29, 0.717) is 11.2 Å². The Morgan fingerprint density at radius 2 is 0.641 bits per heavy atom. The first-order valence-electron chi connectivity index (χ1n) is 23.9. The summed E-state index contributed by atoms with van der Waals surface area (Å²) < 4.78 is 13.0. The van der Waals surface area contributed by atoms with Crippen LogP contribution in [0.15, 0.2) is 154 Å². The lowest BCUT2D eigenvalue weighted by molar-refractivity contribution is 0.495. The van der Waals surface area contributed by atoms with E-state index >= 15 is 0 Å². The van der Waals surface area contributed by atoms with Crippen LogP contribution in [0.2, 0.25) is 0 Å². The molecule has 0 saturated carbocycles. The van der Waals surface area contributed by atoms with Crippen LogP contribution in [0.1, 0.15) is 101 Å². The number of rotatable bonds is 16. The van der Waals surface area contributed by atoms with Crippen molar-refractivity contribution in [2.45, 2.75) is 105 Å². The van der Waals surface area contributed by atoms with Gasteiger partial charge in [-0.05, 0) is 164 Å². The maximum absolute atomic E-state index is 11.6. The molecule has 0 radical (unpaired) electrons. The first-order chi connectivity index (χ1) is 31.4. The Labute approximate surface area is 380 Å². The molecule has 0 unspecified atom stereocenters. The van der Waals surface area contributed by atoms with E-state index in [1.165, 1.54) is 95.9 Å². The maximum Gasteiger partial charge on any atom is 0.384 e. The van der Waals surface area contributed by atoms with Crippen molar-refractivity contribution < 1.29 is 13.3 Å². The molecule has 9 aromatic rings. The predicted octanol–water partition coefficient (Wildman–Crippen LogP) is 18.4. The van der Waals surface area contributed by atoms with Crippen molar-refractivity contribution in [1.82, 2.24) is 0 Å². The quantitative estimate of drug-likeness (QED) is 0.105. The lowest BCUT2D eigenvalue weighted by Gasteiger charge is -2.15. The largest absolute Gasteiger partial charge is 0.399 e. The minimum Gasteiger partial charge on any atom is -0.399 e. The molecule has 0 amide bonds. The average molecular weight is 861 g/mol. The van der Waals surface area contributed by atoms with Gasteiger partial charge in [0, 0.05) is 10.8 Å². The van der Waals surface area contributed by atoms with Gasteiger partial charge >= 0.3 is 8.24 Å². The van der Waals surface area contributed by atoms with Crippen molar-refractivity contribution in [2.75, 3.05) is 0 Å². The van der Waals surface area contributed by atoms with Gasteiger partial charge in [-0.25, -0.2) is 0 Å². The highest BCUT2D eigenvalue weighted by Gasteiger charge is 2.20. The predicted molar refractivity (Wildman–Crippen MR) is 275 cm³/mol. The summed E-state index contributed by atoms with van der Waals surface area (Å²) in [6.07, 6.45) is 13.8. The highest BCUT2D eigenvalue weighted by Crippen LogP contribution is 2.46. The van der Waals surface area contributed by atoms with Crippen LogP contribution in [0.4, 0.5) is 0 Å². The van der Waals surface area contributed by atoms with Crippen LogP contribution in [-0.2, 0) is 25.7 Å². The molecule has 0 saturated heterocycles. The van der Waals surface area contributed by atoms with E-state index < -0.39 is 8.24 Å². The van der Waals surface area contributed by atoms with E-state index in [4.69, 9.17) is 8.39 Å². The van der Waals surface area contributed by atoms with Gasteiger partial charge < -0.3 is 8.39 Å². The molecule has 1 heterocycles. The first-order valence-corrected chi connectivity index (χ1v) is 25.0. The van der Waals surface area contributed by atoms with Gasteiger partial charge in [-0.2, -0.15) is 0 Å². The molecule has 0 aliphatic carbocycles. The van der Waals surface area contributed by atoms with Crippen LogP contribution < -0.4 is 0 Å². The van der Waals surface area contributed by atoms with E-state index in [1.54, 1.807) is 0 Å². The average Bonchev–Trinajstić information content (AvgIpc) is 3.48. The molecule has 0 bridgehead atoms. The van der Waals surface area contributed by atoms with Gasteiger partial charge in [0.15, 0.2) is 0 Å². The molecule has 8 aromatic carbocycles. The summed E-state index contributed by atoms with van der Waals surface area (Å²) in [6.45, 7) is 8.98. The van der Waals surface area contributed by atoms with Gasteiger partial charge in [0.2, 0.25) is 0 Å². The SMILES string of the molecule is CCCCc1ccc(-c2ccc3c(c2)c(-c2ccc(CCCC)cc2)cc2op(O)oc4cc(-c5ccc(CCCC)cc5)c5cc(-c6ccc(CCCC)cc6)ccc5c4c23)cc1. The van der Waals surface area contributed by atoms with Gasteiger partial charge in [0.05, 0.1) is 0 Å².